The minimum atomic E-state index is -0.00260. The Morgan fingerprint density at radius 3 is 2.65 bits per heavy atom. The summed E-state index contributed by atoms with van der Waals surface area (Å²) in [6.07, 6.45) is 1.31. The van der Waals surface area contributed by atoms with Crippen molar-refractivity contribution in [2.45, 2.75) is 25.7 Å². The molecule has 2 heterocycles. The van der Waals surface area contributed by atoms with Crippen molar-refractivity contribution in [2.24, 2.45) is 0 Å². The van der Waals surface area contributed by atoms with Gasteiger partial charge in [0.15, 0.2) is 5.82 Å². The number of hydrogen-bond donors (Lipinski definition) is 2. The van der Waals surface area contributed by atoms with Crippen molar-refractivity contribution in [2.75, 3.05) is 11.9 Å². The lowest BCUT2D eigenvalue weighted by atomic mass is 9.86. The Bertz CT molecular complexity index is 901. The molecule has 1 aliphatic heterocycles. The maximum Gasteiger partial charge on any atom is 0.226 e. The number of aromatic nitrogens is 2. The predicted octanol–water partition coefficient (Wildman–Crippen LogP) is 3.81. The van der Waals surface area contributed by atoms with E-state index in [2.05, 4.69) is 27.6 Å². The molecule has 5 nitrogen and oxygen atoms in total. The third-order valence-electron chi connectivity index (χ3n) is 4.78. The van der Waals surface area contributed by atoms with Gasteiger partial charge in [-0.25, -0.2) is 0 Å². The molecule has 0 aliphatic carbocycles. The first-order valence-electron chi connectivity index (χ1n) is 8.82. The number of ether oxygens (including phenoxy) is 1. The van der Waals surface area contributed by atoms with Crippen molar-refractivity contribution < 1.29 is 9.53 Å². The number of aromatic amines is 1. The number of amides is 1. The third-order valence-corrected chi connectivity index (χ3v) is 4.78. The van der Waals surface area contributed by atoms with E-state index in [0.717, 1.165) is 29.0 Å². The molecule has 26 heavy (non-hydrogen) atoms. The summed E-state index contributed by atoms with van der Waals surface area (Å²) in [6, 6.07) is 18.3. The summed E-state index contributed by atoms with van der Waals surface area (Å²) >= 11 is 0. The van der Waals surface area contributed by atoms with Crippen LogP contribution in [-0.4, -0.2) is 22.7 Å². The molecule has 0 unspecified atom stereocenters. The van der Waals surface area contributed by atoms with Gasteiger partial charge in [-0.3, -0.25) is 9.89 Å². The number of benzene rings is 2. The van der Waals surface area contributed by atoms with Crippen LogP contribution in [0.5, 0.6) is 5.75 Å². The minimum absolute atomic E-state index is 0.00260. The molecule has 5 heteroatoms. The van der Waals surface area contributed by atoms with Crippen LogP contribution in [0.4, 0.5) is 5.82 Å². The Labute approximate surface area is 152 Å². The Hall–Kier alpha value is -3.08. The number of H-pyrrole nitrogens is 1. The molecule has 132 valence electrons. The fraction of sp³-hybridized carbons (Fsp3) is 0.238. The first kappa shape index (κ1) is 16.4. The number of nitrogens with zero attached hydrogens (tertiary/aromatic N) is 1. The van der Waals surface area contributed by atoms with Crippen LogP contribution in [0.1, 0.15) is 34.7 Å². The zero-order valence-corrected chi connectivity index (χ0v) is 14.7. The van der Waals surface area contributed by atoms with Gasteiger partial charge in [0.25, 0.3) is 0 Å². The third kappa shape index (κ3) is 3.33. The normalized spacial score (nSPS) is 16.0. The number of nitrogens with one attached hydrogen (secondary N) is 2. The van der Waals surface area contributed by atoms with Gasteiger partial charge < -0.3 is 10.1 Å². The molecule has 1 atom stereocenters. The van der Waals surface area contributed by atoms with E-state index in [1.54, 1.807) is 0 Å². The quantitative estimate of drug-likeness (QED) is 0.737. The van der Waals surface area contributed by atoms with Crippen LogP contribution in [0, 0.1) is 6.92 Å². The lowest BCUT2D eigenvalue weighted by Crippen LogP contribution is -2.23. The van der Waals surface area contributed by atoms with Gasteiger partial charge in [-0.15, -0.1) is 0 Å². The highest BCUT2D eigenvalue weighted by Gasteiger charge is 2.30. The van der Waals surface area contributed by atoms with Crippen molar-refractivity contribution in [1.29, 1.82) is 0 Å². The van der Waals surface area contributed by atoms with E-state index in [9.17, 15) is 4.79 Å². The van der Waals surface area contributed by atoms with Crippen molar-refractivity contribution in [1.82, 2.24) is 10.2 Å². The second kappa shape index (κ2) is 7.04. The van der Waals surface area contributed by atoms with E-state index in [1.807, 2.05) is 49.4 Å². The number of hydrogen-bond acceptors (Lipinski definition) is 3. The van der Waals surface area contributed by atoms with E-state index >= 15 is 0 Å². The van der Waals surface area contributed by atoms with Crippen LogP contribution in [0.2, 0.25) is 0 Å². The second-order valence-electron chi connectivity index (χ2n) is 6.57. The molecule has 0 radical (unpaired) electrons. The summed E-state index contributed by atoms with van der Waals surface area (Å²) in [5.41, 5.74) is 4.43. The van der Waals surface area contributed by atoms with Crippen molar-refractivity contribution >= 4 is 11.7 Å². The van der Waals surface area contributed by atoms with Gasteiger partial charge in [0.1, 0.15) is 5.75 Å². The van der Waals surface area contributed by atoms with Gasteiger partial charge in [0.05, 0.1) is 6.61 Å². The smallest absolute Gasteiger partial charge is 0.226 e. The summed E-state index contributed by atoms with van der Waals surface area (Å²) in [7, 11) is 0. The van der Waals surface area contributed by atoms with Gasteiger partial charge in [-0.05, 0) is 30.2 Å². The molecule has 2 N–H and O–H groups in total. The summed E-state index contributed by atoms with van der Waals surface area (Å²) in [6.45, 7) is 2.62. The number of anilines is 1. The molecule has 0 fully saturated rings. The first-order valence-corrected chi connectivity index (χ1v) is 8.82. The van der Waals surface area contributed by atoms with Crippen LogP contribution in [0.25, 0.3) is 0 Å². The number of aryl methyl sites for hydroxylation is 1. The molecular formula is C21H21N3O2. The van der Waals surface area contributed by atoms with E-state index in [-0.39, 0.29) is 11.8 Å². The van der Waals surface area contributed by atoms with Crippen molar-refractivity contribution in [3.8, 4) is 5.75 Å². The monoisotopic (exact) mass is 347 g/mol. The van der Waals surface area contributed by atoms with Gasteiger partial charge in [0.2, 0.25) is 5.91 Å². The Morgan fingerprint density at radius 2 is 1.88 bits per heavy atom. The number of fused-ring (bicyclic) bond motifs is 1. The average Bonchev–Trinajstić information content (AvgIpc) is 3.03. The zero-order chi connectivity index (χ0) is 17.9. The predicted molar refractivity (Wildman–Crippen MR) is 100 cm³/mol. The minimum Gasteiger partial charge on any atom is -0.493 e. The van der Waals surface area contributed by atoms with E-state index in [0.29, 0.717) is 18.8 Å². The number of rotatable bonds is 5. The lowest BCUT2D eigenvalue weighted by molar-refractivity contribution is -0.116. The molecule has 0 bridgehead atoms. The van der Waals surface area contributed by atoms with E-state index in [1.165, 1.54) is 5.56 Å². The molecule has 3 aromatic rings. The van der Waals surface area contributed by atoms with Crippen LogP contribution >= 0.6 is 0 Å². The summed E-state index contributed by atoms with van der Waals surface area (Å²) in [5.74, 6) is 1.51. The molecule has 1 aromatic heterocycles. The first-order chi connectivity index (χ1) is 12.7. The van der Waals surface area contributed by atoms with Gasteiger partial charge >= 0.3 is 0 Å². The van der Waals surface area contributed by atoms with Crippen LogP contribution in [-0.2, 0) is 11.2 Å². The summed E-state index contributed by atoms with van der Waals surface area (Å²) < 4.78 is 5.85. The van der Waals surface area contributed by atoms with E-state index in [4.69, 9.17) is 4.74 Å². The summed E-state index contributed by atoms with van der Waals surface area (Å²) in [4.78, 5) is 12.0. The highest BCUT2D eigenvalue weighted by atomic mass is 16.5. The largest absolute Gasteiger partial charge is 0.493 e. The zero-order valence-electron chi connectivity index (χ0n) is 14.7. The lowest BCUT2D eigenvalue weighted by Gasteiger charge is -2.23. The van der Waals surface area contributed by atoms with Crippen LogP contribution < -0.4 is 10.1 Å². The molecule has 0 spiro atoms. The van der Waals surface area contributed by atoms with Gasteiger partial charge in [-0.1, -0.05) is 42.5 Å². The standard InChI is InChI=1S/C21H21N3O2/c1-14-20-18(13-19(25)22-21(20)24-23-14)16-7-9-17(10-8-16)26-12-11-15-5-3-2-4-6-15/h2-10,18H,11-13H2,1H3,(H2,22,23,24,25)/t18-/m0/s1. The molecule has 0 saturated heterocycles. The Kier molecular flexibility index (Phi) is 4.44. The highest BCUT2D eigenvalue weighted by Crippen LogP contribution is 2.38. The number of carbonyl (C=O) groups excluding carboxylic acids is 1. The Balaban J connectivity index is 1.45. The molecule has 0 saturated carbocycles. The van der Waals surface area contributed by atoms with Crippen molar-refractivity contribution in [3.63, 3.8) is 0 Å². The topological polar surface area (TPSA) is 67.0 Å². The van der Waals surface area contributed by atoms with Crippen LogP contribution in [0.3, 0.4) is 0 Å². The van der Waals surface area contributed by atoms with Gasteiger partial charge in [0, 0.05) is 30.0 Å². The molecule has 2 aromatic carbocycles. The summed E-state index contributed by atoms with van der Waals surface area (Å²) in [5, 5.41) is 9.98. The Morgan fingerprint density at radius 1 is 1.12 bits per heavy atom. The molecule has 1 amide bonds. The van der Waals surface area contributed by atoms with Gasteiger partial charge in [-0.2, -0.15) is 5.10 Å². The fourth-order valence-electron chi connectivity index (χ4n) is 3.44. The number of carbonyl (C=O) groups is 1. The maximum absolute atomic E-state index is 12.0. The van der Waals surface area contributed by atoms with Crippen LogP contribution in [0.15, 0.2) is 54.6 Å². The van der Waals surface area contributed by atoms with Crippen molar-refractivity contribution in [3.05, 3.63) is 77.0 Å². The molecule has 4 rings (SSSR count). The van der Waals surface area contributed by atoms with E-state index < -0.39 is 0 Å². The highest BCUT2D eigenvalue weighted by molar-refractivity contribution is 5.94. The fourth-order valence-corrected chi connectivity index (χ4v) is 3.44. The second-order valence-corrected chi connectivity index (χ2v) is 6.57. The SMILES string of the molecule is Cc1[nH]nc2c1[C@H](c1ccc(OCCc3ccccc3)cc1)CC(=O)N2. The maximum atomic E-state index is 12.0. The molecule has 1 aliphatic rings. The molecular weight excluding hydrogens is 326 g/mol. The average molecular weight is 347 g/mol.